The second-order valence-electron chi connectivity index (χ2n) is 4.19. The quantitative estimate of drug-likeness (QED) is 0.826. The summed E-state index contributed by atoms with van der Waals surface area (Å²) in [5, 5.41) is 4.00. The number of aryl methyl sites for hydroxylation is 1. The van der Waals surface area contributed by atoms with Crippen molar-refractivity contribution < 1.29 is 0 Å². The minimum atomic E-state index is 0.332. The van der Waals surface area contributed by atoms with E-state index in [9.17, 15) is 0 Å². The molecule has 3 N–H and O–H groups in total. The Morgan fingerprint density at radius 2 is 1.95 bits per heavy atom. The lowest BCUT2D eigenvalue weighted by Gasteiger charge is -2.14. The molecule has 2 aromatic carbocycles. The molecular weight excluding hydrogens is 276 g/mol. The van der Waals surface area contributed by atoms with Crippen LogP contribution in [0, 0.1) is 0 Å². The number of hydrogen-bond acceptors (Lipinski definition) is 2. The molecule has 0 amide bonds. The Bertz CT molecular complexity index is 611. The smallest absolute Gasteiger partial charge is 0.106 e. The first-order valence-corrected chi connectivity index (χ1v) is 6.84. The first kappa shape index (κ1) is 13.8. The van der Waals surface area contributed by atoms with Gasteiger partial charge in [-0.15, -0.1) is 0 Å². The van der Waals surface area contributed by atoms with E-state index in [1.807, 2.05) is 30.3 Å². The van der Waals surface area contributed by atoms with Crippen molar-refractivity contribution in [2.75, 3.05) is 5.32 Å². The van der Waals surface area contributed by atoms with Gasteiger partial charge in [-0.05, 0) is 36.2 Å². The maximum Gasteiger partial charge on any atom is 0.106 e. The van der Waals surface area contributed by atoms with Gasteiger partial charge in [0.1, 0.15) is 4.99 Å². The van der Waals surface area contributed by atoms with Crippen molar-refractivity contribution in [2.45, 2.75) is 13.3 Å². The van der Waals surface area contributed by atoms with Crippen LogP contribution in [0.25, 0.3) is 0 Å². The molecule has 0 saturated carbocycles. The lowest BCUT2D eigenvalue weighted by molar-refractivity contribution is 1.14. The van der Waals surface area contributed by atoms with Crippen LogP contribution in [0.4, 0.5) is 11.4 Å². The van der Waals surface area contributed by atoms with Gasteiger partial charge in [0.2, 0.25) is 0 Å². The minimum absolute atomic E-state index is 0.332. The second kappa shape index (κ2) is 6.04. The van der Waals surface area contributed by atoms with E-state index in [0.29, 0.717) is 10.0 Å². The predicted molar refractivity (Wildman–Crippen MR) is 86.4 cm³/mol. The first-order valence-electron chi connectivity index (χ1n) is 6.06. The Balaban J connectivity index is 2.41. The molecule has 0 aromatic heterocycles. The number of thiocarbonyl (C=S) groups is 1. The molecule has 0 aliphatic rings. The number of benzene rings is 2. The summed E-state index contributed by atoms with van der Waals surface area (Å²) < 4.78 is 0. The van der Waals surface area contributed by atoms with Crippen LogP contribution >= 0.6 is 23.8 Å². The molecule has 0 saturated heterocycles. The summed E-state index contributed by atoms with van der Waals surface area (Å²) in [6.45, 7) is 2.12. The fourth-order valence-electron chi connectivity index (χ4n) is 1.92. The zero-order chi connectivity index (χ0) is 13.8. The van der Waals surface area contributed by atoms with Gasteiger partial charge in [0.05, 0.1) is 0 Å². The van der Waals surface area contributed by atoms with Crippen molar-refractivity contribution in [3.8, 4) is 0 Å². The summed E-state index contributed by atoms with van der Waals surface area (Å²) >= 11 is 11.0. The molecule has 4 heteroatoms. The molecule has 0 heterocycles. The summed E-state index contributed by atoms with van der Waals surface area (Å²) in [6.07, 6.45) is 0.958. The van der Waals surface area contributed by atoms with E-state index in [1.54, 1.807) is 6.07 Å². The molecule has 0 atom stereocenters. The van der Waals surface area contributed by atoms with Crippen molar-refractivity contribution in [1.82, 2.24) is 0 Å². The van der Waals surface area contributed by atoms with E-state index >= 15 is 0 Å². The van der Waals surface area contributed by atoms with Gasteiger partial charge < -0.3 is 11.1 Å². The average molecular weight is 291 g/mol. The van der Waals surface area contributed by atoms with Crippen LogP contribution in [0.5, 0.6) is 0 Å². The molecule has 0 aliphatic carbocycles. The van der Waals surface area contributed by atoms with Gasteiger partial charge in [-0.2, -0.15) is 0 Å². The fraction of sp³-hybridized carbons (Fsp3) is 0.133. The molecule has 2 aromatic rings. The zero-order valence-corrected chi connectivity index (χ0v) is 12.2. The van der Waals surface area contributed by atoms with Crippen LogP contribution in [0.1, 0.15) is 18.1 Å². The molecule has 2 nitrogen and oxygen atoms in total. The molecule has 2 rings (SSSR count). The van der Waals surface area contributed by atoms with Crippen molar-refractivity contribution in [2.24, 2.45) is 5.73 Å². The maximum atomic E-state index is 5.98. The molecule has 0 radical (unpaired) electrons. The molecule has 0 fully saturated rings. The Morgan fingerprint density at radius 1 is 1.21 bits per heavy atom. The van der Waals surface area contributed by atoms with Crippen LogP contribution < -0.4 is 11.1 Å². The highest BCUT2D eigenvalue weighted by Crippen LogP contribution is 2.26. The van der Waals surface area contributed by atoms with E-state index in [-0.39, 0.29) is 0 Å². The highest BCUT2D eigenvalue weighted by molar-refractivity contribution is 7.80. The van der Waals surface area contributed by atoms with Gasteiger partial charge in [0.25, 0.3) is 0 Å². The normalized spacial score (nSPS) is 10.2. The average Bonchev–Trinajstić information content (AvgIpc) is 2.41. The van der Waals surface area contributed by atoms with Gasteiger partial charge in [-0.3, -0.25) is 0 Å². The largest absolute Gasteiger partial charge is 0.389 e. The van der Waals surface area contributed by atoms with Gasteiger partial charge in [-0.1, -0.05) is 48.9 Å². The molecule has 0 aliphatic heterocycles. The third kappa shape index (κ3) is 3.25. The van der Waals surface area contributed by atoms with Crippen molar-refractivity contribution in [3.05, 3.63) is 58.6 Å². The number of anilines is 2. The van der Waals surface area contributed by atoms with Crippen molar-refractivity contribution in [3.63, 3.8) is 0 Å². The summed E-state index contributed by atoms with van der Waals surface area (Å²) in [6, 6.07) is 13.7. The van der Waals surface area contributed by atoms with Gasteiger partial charge in [0.15, 0.2) is 0 Å². The van der Waals surface area contributed by atoms with E-state index in [1.165, 1.54) is 5.56 Å². The summed E-state index contributed by atoms with van der Waals surface area (Å²) in [5.41, 5.74) is 9.67. The van der Waals surface area contributed by atoms with Crippen LogP contribution in [-0.2, 0) is 6.42 Å². The Hall–Kier alpha value is -1.58. The van der Waals surface area contributed by atoms with Gasteiger partial charge in [0, 0.05) is 22.0 Å². The fourth-order valence-corrected chi connectivity index (χ4v) is 2.27. The predicted octanol–water partition coefficient (Wildman–Crippen LogP) is 4.28. The van der Waals surface area contributed by atoms with E-state index < -0.39 is 0 Å². The number of nitrogens with one attached hydrogen (secondary N) is 1. The SMILES string of the molecule is CCc1ccccc1Nc1ccc(Cl)cc1C(N)=S. The summed E-state index contributed by atoms with van der Waals surface area (Å²) in [4.78, 5) is 0.332. The number of halogens is 1. The molecule has 0 unspecified atom stereocenters. The Morgan fingerprint density at radius 3 is 2.63 bits per heavy atom. The highest BCUT2D eigenvalue weighted by atomic mass is 35.5. The third-order valence-electron chi connectivity index (χ3n) is 2.91. The van der Waals surface area contributed by atoms with Crippen LogP contribution in [-0.4, -0.2) is 4.99 Å². The van der Waals surface area contributed by atoms with Crippen LogP contribution in [0.2, 0.25) is 5.02 Å². The molecule has 0 spiro atoms. The van der Waals surface area contributed by atoms with Crippen LogP contribution in [0.15, 0.2) is 42.5 Å². The molecule has 19 heavy (non-hydrogen) atoms. The number of rotatable bonds is 4. The number of hydrogen-bond donors (Lipinski definition) is 2. The second-order valence-corrected chi connectivity index (χ2v) is 5.07. The van der Waals surface area contributed by atoms with E-state index in [4.69, 9.17) is 29.6 Å². The summed E-state index contributed by atoms with van der Waals surface area (Å²) in [7, 11) is 0. The maximum absolute atomic E-state index is 5.98. The summed E-state index contributed by atoms with van der Waals surface area (Å²) in [5.74, 6) is 0. The molecular formula is C15H15ClN2S. The van der Waals surface area contributed by atoms with Crippen molar-refractivity contribution in [1.29, 1.82) is 0 Å². The Labute approximate surface area is 123 Å². The lowest BCUT2D eigenvalue weighted by Crippen LogP contribution is -2.12. The highest BCUT2D eigenvalue weighted by Gasteiger charge is 2.08. The lowest BCUT2D eigenvalue weighted by atomic mass is 10.1. The van der Waals surface area contributed by atoms with Crippen molar-refractivity contribution >= 4 is 40.2 Å². The van der Waals surface area contributed by atoms with Gasteiger partial charge >= 0.3 is 0 Å². The molecule has 0 bridgehead atoms. The first-order chi connectivity index (χ1) is 9.11. The minimum Gasteiger partial charge on any atom is -0.389 e. The van der Waals surface area contributed by atoms with Gasteiger partial charge in [-0.25, -0.2) is 0 Å². The third-order valence-corrected chi connectivity index (χ3v) is 3.37. The number of para-hydroxylation sites is 1. The number of nitrogens with two attached hydrogens (primary N) is 1. The molecule has 98 valence electrons. The Kier molecular flexibility index (Phi) is 4.40. The zero-order valence-electron chi connectivity index (χ0n) is 10.6. The van der Waals surface area contributed by atoms with E-state index in [0.717, 1.165) is 23.4 Å². The monoisotopic (exact) mass is 290 g/mol. The topological polar surface area (TPSA) is 38.0 Å². The standard InChI is InChI=1S/C15H15ClN2S/c1-2-10-5-3-4-6-13(10)18-14-8-7-11(16)9-12(14)15(17)19/h3-9,18H,2H2,1H3,(H2,17,19). The van der Waals surface area contributed by atoms with E-state index in [2.05, 4.69) is 18.3 Å². The van der Waals surface area contributed by atoms with Crippen LogP contribution in [0.3, 0.4) is 0 Å².